The highest BCUT2D eigenvalue weighted by Crippen LogP contribution is 2.23. The SMILES string of the molecule is CC(C)(C)OC(=O)Nc1cccc2ccccc12. The smallest absolute Gasteiger partial charge is 0.412 e. The number of carbonyl (C=O) groups excluding carboxylic acids is 1. The van der Waals surface area contributed by atoms with Crippen LogP contribution in [0.4, 0.5) is 10.5 Å². The first-order valence-corrected chi connectivity index (χ1v) is 5.93. The first-order valence-electron chi connectivity index (χ1n) is 5.93. The fourth-order valence-corrected chi connectivity index (χ4v) is 1.75. The normalized spacial score (nSPS) is 11.3. The van der Waals surface area contributed by atoms with E-state index in [4.69, 9.17) is 4.74 Å². The lowest BCUT2D eigenvalue weighted by atomic mass is 10.1. The molecule has 0 atom stereocenters. The van der Waals surface area contributed by atoms with Gasteiger partial charge in [-0.15, -0.1) is 0 Å². The van der Waals surface area contributed by atoms with Crippen LogP contribution < -0.4 is 5.32 Å². The van der Waals surface area contributed by atoms with Crippen LogP contribution >= 0.6 is 0 Å². The Kier molecular flexibility index (Phi) is 3.24. The van der Waals surface area contributed by atoms with Crippen molar-refractivity contribution in [3.05, 3.63) is 42.5 Å². The molecule has 3 heteroatoms. The van der Waals surface area contributed by atoms with Gasteiger partial charge in [0, 0.05) is 5.39 Å². The quantitative estimate of drug-likeness (QED) is 0.815. The molecule has 1 amide bonds. The summed E-state index contributed by atoms with van der Waals surface area (Å²) < 4.78 is 5.24. The van der Waals surface area contributed by atoms with Gasteiger partial charge in [0.2, 0.25) is 0 Å². The maximum Gasteiger partial charge on any atom is 0.412 e. The Morgan fingerprint density at radius 2 is 1.72 bits per heavy atom. The van der Waals surface area contributed by atoms with Gasteiger partial charge in [-0.3, -0.25) is 5.32 Å². The van der Waals surface area contributed by atoms with Crippen LogP contribution in [0.1, 0.15) is 20.8 Å². The number of hydrogen-bond acceptors (Lipinski definition) is 2. The van der Waals surface area contributed by atoms with Gasteiger partial charge in [0.1, 0.15) is 5.60 Å². The molecule has 0 radical (unpaired) electrons. The lowest BCUT2D eigenvalue weighted by Crippen LogP contribution is -2.27. The van der Waals surface area contributed by atoms with E-state index in [1.807, 2.05) is 63.2 Å². The monoisotopic (exact) mass is 243 g/mol. The van der Waals surface area contributed by atoms with Crippen LogP contribution in [0, 0.1) is 0 Å². The molecule has 94 valence electrons. The van der Waals surface area contributed by atoms with E-state index in [2.05, 4.69) is 5.32 Å². The fourth-order valence-electron chi connectivity index (χ4n) is 1.75. The zero-order valence-corrected chi connectivity index (χ0v) is 10.9. The summed E-state index contributed by atoms with van der Waals surface area (Å²) in [5.41, 5.74) is 0.275. The molecule has 0 aromatic heterocycles. The van der Waals surface area contributed by atoms with Gasteiger partial charge in [0.05, 0.1) is 5.69 Å². The van der Waals surface area contributed by atoms with Gasteiger partial charge in [-0.25, -0.2) is 4.79 Å². The number of fused-ring (bicyclic) bond motifs is 1. The van der Waals surface area contributed by atoms with Crippen LogP contribution in [-0.4, -0.2) is 11.7 Å². The zero-order valence-electron chi connectivity index (χ0n) is 10.9. The van der Waals surface area contributed by atoms with Crippen molar-refractivity contribution in [3.8, 4) is 0 Å². The van der Waals surface area contributed by atoms with Crippen molar-refractivity contribution >= 4 is 22.6 Å². The molecular formula is C15H17NO2. The summed E-state index contributed by atoms with van der Waals surface area (Å²) >= 11 is 0. The molecule has 0 spiro atoms. The minimum atomic E-state index is -0.491. The Morgan fingerprint density at radius 1 is 1.06 bits per heavy atom. The third kappa shape index (κ3) is 3.00. The minimum absolute atomic E-state index is 0.432. The van der Waals surface area contributed by atoms with Crippen LogP contribution in [0.2, 0.25) is 0 Å². The lowest BCUT2D eigenvalue weighted by molar-refractivity contribution is 0.0636. The molecule has 2 rings (SSSR count). The first-order chi connectivity index (χ1) is 8.46. The summed E-state index contributed by atoms with van der Waals surface area (Å²) in [5, 5.41) is 4.87. The molecule has 0 bridgehead atoms. The largest absolute Gasteiger partial charge is 0.444 e. The number of ether oxygens (including phenoxy) is 1. The third-order valence-electron chi connectivity index (χ3n) is 2.43. The topological polar surface area (TPSA) is 38.3 Å². The predicted molar refractivity (Wildman–Crippen MR) is 73.8 cm³/mol. The minimum Gasteiger partial charge on any atom is -0.444 e. The van der Waals surface area contributed by atoms with Crippen molar-refractivity contribution in [2.24, 2.45) is 0 Å². The fraction of sp³-hybridized carbons (Fsp3) is 0.267. The molecule has 0 unspecified atom stereocenters. The number of anilines is 1. The molecule has 2 aromatic carbocycles. The Hall–Kier alpha value is -2.03. The number of carbonyl (C=O) groups is 1. The van der Waals surface area contributed by atoms with E-state index < -0.39 is 11.7 Å². The van der Waals surface area contributed by atoms with E-state index in [0.717, 1.165) is 16.5 Å². The summed E-state index contributed by atoms with van der Waals surface area (Å²) in [4.78, 5) is 11.7. The van der Waals surface area contributed by atoms with Crippen molar-refractivity contribution in [1.29, 1.82) is 0 Å². The molecular weight excluding hydrogens is 226 g/mol. The molecule has 18 heavy (non-hydrogen) atoms. The van der Waals surface area contributed by atoms with Crippen LogP contribution in [-0.2, 0) is 4.74 Å². The summed E-state index contributed by atoms with van der Waals surface area (Å²) in [6.07, 6.45) is -0.432. The number of amides is 1. The average Bonchev–Trinajstić information content (AvgIpc) is 2.27. The summed E-state index contributed by atoms with van der Waals surface area (Å²) in [5.74, 6) is 0. The maximum atomic E-state index is 11.7. The van der Waals surface area contributed by atoms with Gasteiger partial charge in [0.25, 0.3) is 0 Å². The molecule has 3 nitrogen and oxygen atoms in total. The van der Waals surface area contributed by atoms with E-state index in [-0.39, 0.29) is 0 Å². The maximum absolute atomic E-state index is 11.7. The van der Waals surface area contributed by atoms with Gasteiger partial charge in [-0.05, 0) is 32.2 Å². The third-order valence-corrected chi connectivity index (χ3v) is 2.43. The van der Waals surface area contributed by atoms with E-state index >= 15 is 0 Å². The second kappa shape index (κ2) is 4.69. The Morgan fingerprint density at radius 3 is 2.44 bits per heavy atom. The van der Waals surface area contributed by atoms with E-state index in [1.54, 1.807) is 0 Å². The molecule has 0 saturated carbocycles. The summed E-state index contributed by atoms with van der Waals surface area (Å²) in [6, 6.07) is 13.7. The van der Waals surface area contributed by atoms with Gasteiger partial charge < -0.3 is 4.74 Å². The van der Waals surface area contributed by atoms with E-state index in [0.29, 0.717) is 0 Å². The Balaban J connectivity index is 2.24. The number of nitrogens with one attached hydrogen (secondary N) is 1. The molecule has 0 saturated heterocycles. The highest BCUT2D eigenvalue weighted by Gasteiger charge is 2.16. The second-order valence-corrected chi connectivity index (χ2v) is 5.15. The van der Waals surface area contributed by atoms with E-state index in [9.17, 15) is 4.79 Å². The van der Waals surface area contributed by atoms with Gasteiger partial charge in [0.15, 0.2) is 0 Å². The van der Waals surface area contributed by atoms with Crippen molar-refractivity contribution in [2.45, 2.75) is 26.4 Å². The van der Waals surface area contributed by atoms with Gasteiger partial charge in [-0.2, -0.15) is 0 Å². The van der Waals surface area contributed by atoms with Crippen molar-refractivity contribution in [1.82, 2.24) is 0 Å². The number of hydrogen-bond donors (Lipinski definition) is 1. The Bertz CT molecular complexity index is 565. The molecule has 0 fully saturated rings. The first kappa shape index (κ1) is 12.4. The van der Waals surface area contributed by atoms with Gasteiger partial charge >= 0.3 is 6.09 Å². The van der Waals surface area contributed by atoms with Crippen molar-refractivity contribution < 1.29 is 9.53 Å². The standard InChI is InChI=1S/C15H17NO2/c1-15(2,3)18-14(17)16-13-10-6-8-11-7-4-5-9-12(11)13/h4-10H,1-3H3,(H,16,17). The van der Waals surface area contributed by atoms with Crippen LogP contribution in [0.5, 0.6) is 0 Å². The molecule has 0 heterocycles. The number of benzene rings is 2. The van der Waals surface area contributed by atoms with Crippen LogP contribution in [0.15, 0.2) is 42.5 Å². The molecule has 0 aliphatic rings. The highest BCUT2D eigenvalue weighted by molar-refractivity contribution is 6.00. The van der Waals surface area contributed by atoms with Crippen LogP contribution in [0.25, 0.3) is 10.8 Å². The van der Waals surface area contributed by atoms with Crippen molar-refractivity contribution in [2.75, 3.05) is 5.32 Å². The van der Waals surface area contributed by atoms with Gasteiger partial charge in [-0.1, -0.05) is 36.4 Å². The summed E-state index contributed by atoms with van der Waals surface area (Å²) in [7, 11) is 0. The molecule has 1 N–H and O–H groups in total. The average molecular weight is 243 g/mol. The molecule has 2 aromatic rings. The second-order valence-electron chi connectivity index (χ2n) is 5.15. The van der Waals surface area contributed by atoms with Crippen molar-refractivity contribution in [3.63, 3.8) is 0 Å². The zero-order chi connectivity index (χ0) is 13.2. The van der Waals surface area contributed by atoms with Crippen LogP contribution in [0.3, 0.4) is 0 Å². The summed E-state index contributed by atoms with van der Waals surface area (Å²) in [6.45, 7) is 5.53. The highest BCUT2D eigenvalue weighted by atomic mass is 16.6. The number of rotatable bonds is 1. The molecule has 0 aliphatic heterocycles. The molecule has 0 aliphatic carbocycles. The predicted octanol–water partition coefficient (Wildman–Crippen LogP) is 4.19. The lowest BCUT2D eigenvalue weighted by Gasteiger charge is -2.20. The van der Waals surface area contributed by atoms with E-state index in [1.165, 1.54) is 0 Å². The Labute approximate surface area is 107 Å².